The Hall–Kier alpha value is -2.70. The van der Waals surface area contributed by atoms with Crippen LogP contribution in [0.25, 0.3) is 6.08 Å². The Morgan fingerprint density at radius 2 is 1.89 bits per heavy atom. The van der Waals surface area contributed by atoms with Gasteiger partial charge in [0.2, 0.25) is 0 Å². The second-order valence-electron chi connectivity index (χ2n) is 7.37. The van der Waals surface area contributed by atoms with Gasteiger partial charge in [-0.3, -0.25) is 10.1 Å². The highest BCUT2D eigenvalue weighted by Gasteiger charge is 2.42. The van der Waals surface area contributed by atoms with E-state index in [9.17, 15) is 10.1 Å². The number of benzene rings is 2. The lowest BCUT2D eigenvalue weighted by molar-refractivity contribution is -0.384. The van der Waals surface area contributed by atoms with E-state index in [0.29, 0.717) is 6.61 Å². The van der Waals surface area contributed by atoms with Gasteiger partial charge in [0.1, 0.15) is 0 Å². The van der Waals surface area contributed by atoms with Crippen LogP contribution in [-0.4, -0.2) is 17.3 Å². The zero-order valence-electron chi connectivity index (χ0n) is 15.3. The molecule has 0 radical (unpaired) electrons. The number of hydrogen-bond acceptors (Lipinski definition) is 5. The van der Waals surface area contributed by atoms with Crippen molar-refractivity contribution in [3.63, 3.8) is 0 Å². The van der Waals surface area contributed by atoms with Crippen LogP contribution in [0.15, 0.2) is 54.7 Å². The summed E-state index contributed by atoms with van der Waals surface area (Å²) in [5.41, 5.74) is 3.36. The van der Waals surface area contributed by atoms with Crippen molar-refractivity contribution in [2.45, 2.75) is 31.8 Å². The smallest absolute Gasteiger partial charge is 0.269 e. The fourth-order valence-electron chi connectivity index (χ4n) is 3.81. The van der Waals surface area contributed by atoms with Crippen LogP contribution in [0.3, 0.4) is 0 Å². The van der Waals surface area contributed by atoms with Crippen LogP contribution >= 0.6 is 0 Å². The van der Waals surface area contributed by atoms with Crippen LogP contribution in [-0.2, 0) is 9.47 Å². The first-order valence-electron chi connectivity index (χ1n) is 9.02. The van der Waals surface area contributed by atoms with Crippen molar-refractivity contribution < 1.29 is 14.4 Å². The summed E-state index contributed by atoms with van der Waals surface area (Å²) in [6, 6.07) is 14.9. The van der Waals surface area contributed by atoms with Crippen LogP contribution in [0.5, 0.6) is 0 Å². The molecular formula is C21H22N2O4. The van der Waals surface area contributed by atoms with Crippen molar-refractivity contribution in [1.29, 1.82) is 0 Å². The molecule has 1 unspecified atom stereocenters. The Kier molecular flexibility index (Phi) is 4.45. The molecule has 1 fully saturated rings. The molecule has 0 amide bonds. The highest BCUT2D eigenvalue weighted by Crippen LogP contribution is 2.44. The van der Waals surface area contributed by atoms with Gasteiger partial charge in [0.15, 0.2) is 5.79 Å². The molecule has 2 aromatic carbocycles. The molecule has 140 valence electrons. The van der Waals surface area contributed by atoms with Gasteiger partial charge < -0.3 is 14.8 Å². The van der Waals surface area contributed by atoms with Crippen molar-refractivity contribution >= 4 is 11.8 Å². The molecule has 1 N–H and O–H groups in total. The molecule has 0 aliphatic carbocycles. The van der Waals surface area contributed by atoms with E-state index in [4.69, 9.17) is 9.47 Å². The second-order valence-corrected chi connectivity index (χ2v) is 7.37. The second kappa shape index (κ2) is 6.79. The number of rotatable bonds is 3. The number of fused-ring (bicyclic) bond motifs is 1. The molecule has 0 bridgehead atoms. The molecule has 2 aliphatic heterocycles. The fourth-order valence-corrected chi connectivity index (χ4v) is 3.81. The Morgan fingerprint density at radius 1 is 1.15 bits per heavy atom. The third-order valence-electron chi connectivity index (χ3n) is 5.15. The van der Waals surface area contributed by atoms with Crippen LogP contribution < -0.4 is 5.32 Å². The van der Waals surface area contributed by atoms with Gasteiger partial charge in [0.25, 0.3) is 5.69 Å². The van der Waals surface area contributed by atoms with E-state index in [0.717, 1.165) is 5.56 Å². The summed E-state index contributed by atoms with van der Waals surface area (Å²) < 4.78 is 12.3. The SMILES string of the molecule is CC1(C)OC[C@H](C2NC=Cc3ccccc32)[C@@H](c2ccc([N+](=O)[O-])cc2)O1. The molecule has 0 aromatic heterocycles. The van der Waals surface area contributed by atoms with E-state index in [-0.39, 0.29) is 28.7 Å². The van der Waals surface area contributed by atoms with E-state index >= 15 is 0 Å². The zero-order valence-corrected chi connectivity index (χ0v) is 15.3. The maximum Gasteiger partial charge on any atom is 0.269 e. The molecule has 0 saturated carbocycles. The Bertz CT molecular complexity index is 876. The van der Waals surface area contributed by atoms with Crippen LogP contribution in [0.2, 0.25) is 0 Å². The average Bonchev–Trinajstić information content (AvgIpc) is 2.67. The first-order valence-corrected chi connectivity index (χ1v) is 9.02. The van der Waals surface area contributed by atoms with Crippen LogP contribution in [0.1, 0.15) is 42.7 Å². The summed E-state index contributed by atoms with van der Waals surface area (Å²) in [4.78, 5) is 10.6. The summed E-state index contributed by atoms with van der Waals surface area (Å²) in [7, 11) is 0. The summed E-state index contributed by atoms with van der Waals surface area (Å²) in [6.45, 7) is 4.31. The van der Waals surface area contributed by atoms with Gasteiger partial charge in [-0.25, -0.2) is 0 Å². The van der Waals surface area contributed by atoms with Crippen molar-refractivity contribution in [3.05, 3.63) is 81.5 Å². The lowest BCUT2D eigenvalue weighted by Crippen LogP contribution is -2.45. The number of non-ortho nitro benzene ring substituents is 1. The van der Waals surface area contributed by atoms with Gasteiger partial charge in [0, 0.05) is 18.1 Å². The fraction of sp³-hybridized carbons (Fsp3) is 0.333. The molecule has 0 spiro atoms. The minimum absolute atomic E-state index is 0.0191. The van der Waals surface area contributed by atoms with E-state index < -0.39 is 5.79 Å². The number of ether oxygens (including phenoxy) is 2. The van der Waals surface area contributed by atoms with Gasteiger partial charge in [-0.1, -0.05) is 24.3 Å². The normalized spacial score (nSPS) is 26.1. The Morgan fingerprint density at radius 3 is 2.63 bits per heavy atom. The summed E-state index contributed by atoms with van der Waals surface area (Å²) in [5, 5.41) is 14.4. The van der Waals surface area contributed by atoms with Crippen molar-refractivity contribution in [2.75, 3.05) is 6.61 Å². The summed E-state index contributed by atoms with van der Waals surface area (Å²) >= 11 is 0. The number of nitrogens with one attached hydrogen (secondary N) is 1. The molecule has 2 aromatic rings. The maximum absolute atomic E-state index is 11.0. The first-order chi connectivity index (χ1) is 12.9. The van der Waals surface area contributed by atoms with E-state index in [1.807, 2.05) is 32.2 Å². The molecule has 1 saturated heterocycles. The lowest BCUT2D eigenvalue weighted by Gasteiger charge is -2.45. The van der Waals surface area contributed by atoms with E-state index in [1.165, 1.54) is 23.3 Å². The highest BCUT2D eigenvalue weighted by molar-refractivity contribution is 5.57. The lowest BCUT2D eigenvalue weighted by atomic mass is 9.82. The van der Waals surface area contributed by atoms with Gasteiger partial charge in [-0.05, 0) is 54.9 Å². The topological polar surface area (TPSA) is 73.6 Å². The van der Waals surface area contributed by atoms with Crippen molar-refractivity contribution in [3.8, 4) is 0 Å². The average molecular weight is 366 g/mol. The highest BCUT2D eigenvalue weighted by atomic mass is 16.7. The summed E-state index contributed by atoms with van der Waals surface area (Å²) in [5.74, 6) is -0.696. The number of nitro benzene ring substituents is 1. The Labute approximate surface area is 158 Å². The van der Waals surface area contributed by atoms with Gasteiger partial charge in [0.05, 0.1) is 23.7 Å². The summed E-state index contributed by atoms with van der Waals surface area (Å²) in [6.07, 6.45) is 3.77. The van der Waals surface area contributed by atoms with Gasteiger partial charge in [-0.2, -0.15) is 0 Å². The number of nitrogens with zero attached hydrogens (tertiary/aromatic N) is 1. The van der Waals surface area contributed by atoms with Crippen molar-refractivity contribution in [1.82, 2.24) is 5.32 Å². The van der Waals surface area contributed by atoms with E-state index in [2.05, 4.69) is 23.5 Å². The number of hydrogen-bond donors (Lipinski definition) is 1. The molecule has 6 heteroatoms. The van der Waals surface area contributed by atoms with Gasteiger partial charge in [-0.15, -0.1) is 0 Å². The standard InChI is InChI=1S/C21H22N2O4/c1-21(2)26-13-18(19-17-6-4-3-5-14(17)11-12-22-19)20(27-21)15-7-9-16(10-8-15)23(24)25/h3-12,18-20,22H,13H2,1-2H3/t18-,19?,20-/m1/s1. The van der Waals surface area contributed by atoms with Crippen LogP contribution in [0.4, 0.5) is 5.69 Å². The van der Waals surface area contributed by atoms with Crippen molar-refractivity contribution in [2.24, 2.45) is 5.92 Å². The van der Waals surface area contributed by atoms with Crippen LogP contribution in [0, 0.1) is 16.0 Å². The molecule has 6 nitrogen and oxygen atoms in total. The van der Waals surface area contributed by atoms with Gasteiger partial charge >= 0.3 is 0 Å². The minimum atomic E-state index is -0.715. The molecule has 2 aliphatic rings. The molecule has 2 heterocycles. The van der Waals surface area contributed by atoms with E-state index in [1.54, 1.807) is 12.1 Å². The first kappa shape index (κ1) is 17.7. The molecule has 27 heavy (non-hydrogen) atoms. The third-order valence-corrected chi connectivity index (χ3v) is 5.15. The zero-order chi connectivity index (χ0) is 19.0. The maximum atomic E-state index is 11.0. The third kappa shape index (κ3) is 3.46. The Balaban J connectivity index is 1.70. The monoisotopic (exact) mass is 366 g/mol. The molecular weight excluding hydrogens is 344 g/mol. The quantitative estimate of drug-likeness (QED) is 0.646. The predicted octanol–water partition coefficient (Wildman–Crippen LogP) is 4.35. The number of nitro groups is 1. The molecule has 4 rings (SSSR count). The predicted molar refractivity (Wildman–Crippen MR) is 102 cm³/mol. The largest absolute Gasteiger partial charge is 0.384 e. The molecule has 3 atom stereocenters. The minimum Gasteiger partial charge on any atom is -0.384 e.